The number of nitrogens with two attached hydrogens (primary N) is 1. The van der Waals surface area contributed by atoms with Crippen LogP contribution in [-0.2, 0) is 13.0 Å². The van der Waals surface area contributed by atoms with E-state index in [9.17, 15) is 0 Å². The molecule has 3 N–H and O–H groups in total. The molecule has 1 aliphatic rings. The smallest absolute Gasteiger partial charge is 0.231 e. The highest BCUT2D eigenvalue weighted by atomic mass is 16.7. The predicted molar refractivity (Wildman–Crippen MR) is 90.0 cm³/mol. The number of nitrogen functional groups attached to an aromatic ring is 1. The minimum absolute atomic E-state index is 0.311. The normalized spacial score (nSPS) is 12.4. The number of hydrogen-bond acceptors (Lipinski definition) is 5. The third-order valence-electron chi connectivity index (χ3n) is 3.73. The van der Waals surface area contributed by atoms with Crippen LogP contribution in [0.1, 0.15) is 18.1 Å². The standard InChI is InChI=1S/C18H22N2O3/c1-2-21-16-5-3-13(9-15(16)19)7-8-20-11-14-4-6-17-18(10-14)23-12-22-17/h3-6,9-10,20H,2,7-8,11-12,19H2,1H3. The van der Waals surface area contributed by atoms with E-state index in [1.807, 2.05) is 31.2 Å². The van der Waals surface area contributed by atoms with Crippen LogP contribution < -0.4 is 25.3 Å². The second kappa shape index (κ2) is 7.24. The van der Waals surface area contributed by atoms with Crippen molar-refractivity contribution in [2.75, 3.05) is 25.7 Å². The lowest BCUT2D eigenvalue weighted by Crippen LogP contribution is -2.16. The first-order chi connectivity index (χ1) is 11.3. The van der Waals surface area contributed by atoms with Gasteiger partial charge in [0.1, 0.15) is 5.75 Å². The maximum Gasteiger partial charge on any atom is 0.231 e. The molecule has 0 fully saturated rings. The van der Waals surface area contributed by atoms with Crippen molar-refractivity contribution in [2.24, 2.45) is 0 Å². The second-order valence-electron chi connectivity index (χ2n) is 5.42. The van der Waals surface area contributed by atoms with Gasteiger partial charge in [-0.2, -0.15) is 0 Å². The van der Waals surface area contributed by atoms with Crippen LogP contribution in [0.5, 0.6) is 17.2 Å². The van der Waals surface area contributed by atoms with E-state index in [1.165, 1.54) is 11.1 Å². The Kier molecular flexibility index (Phi) is 4.88. The molecule has 0 bridgehead atoms. The van der Waals surface area contributed by atoms with Gasteiger partial charge < -0.3 is 25.3 Å². The molecule has 0 radical (unpaired) electrons. The van der Waals surface area contributed by atoms with Crippen LogP contribution in [0.25, 0.3) is 0 Å². The lowest BCUT2D eigenvalue weighted by molar-refractivity contribution is 0.174. The van der Waals surface area contributed by atoms with Gasteiger partial charge in [-0.1, -0.05) is 12.1 Å². The van der Waals surface area contributed by atoms with Gasteiger partial charge >= 0.3 is 0 Å². The largest absolute Gasteiger partial charge is 0.492 e. The molecule has 5 nitrogen and oxygen atoms in total. The van der Waals surface area contributed by atoms with Gasteiger partial charge in [0.25, 0.3) is 0 Å². The van der Waals surface area contributed by atoms with Crippen LogP contribution in [-0.4, -0.2) is 19.9 Å². The first kappa shape index (κ1) is 15.5. The average molecular weight is 314 g/mol. The summed E-state index contributed by atoms with van der Waals surface area (Å²) in [4.78, 5) is 0. The lowest BCUT2D eigenvalue weighted by Gasteiger charge is -2.09. The van der Waals surface area contributed by atoms with Gasteiger partial charge in [0.2, 0.25) is 6.79 Å². The van der Waals surface area contributed by atoms with Crippen molar-refractivity contribution in [3.05, 3.63) is 47.5 Å². The van der Waals surface area contributed by atoms with Gasteiger partial charge in [0, 0.05) is 6.54 Å². The van der Waals surface area contributed by atoms with Gasteiger partial charge in [-0.25, -0.2) is 0 Å². The topological polar surface area (TPSA) is 65.7 Å². The zero-order valence-electron chi connectivity index (χ0n) is 13.3. The maximum absolute atomic E-state index is 5.98. The summed E-state index contributed by atoms with van der Waals surface area (Å²) in [6, 6.07) is 12.0. The van der Waals surface area contributed by atoms with Crippen LogP contribution in [0.4, 0.5) is 5.69 Å². The maximum atomic E-state index is 5.98. The van der Waals surface area contributed by atoms with Gasteiger partial charge in [0.15, 0.2) is 11.5 Å². The summed E-state index contributed by atoms with van der Waals surface area (Å²) in [6.45, 7) is 4.56. The fourth-order valence-corrected chi connectivity index (χ4v) is 2.56. The summed E-state index contributed by atoms with van der Waals surface area (Å²) in [5.41, 5.74) is 9.06. The molecular weight excluding hydrogens is 292 g/mol. The summed E-state index contributed by atoms with van der Waals surface area (Å²) >= 11 is 0. The van der Waals surface area contributed by atoms with Crippen molar-refractivity contribution in [3.63, 3.8) is 0 Å². The fourth-order valence-electron chi connectivity index (χ4n) is 2.56. The highest BCUT2D eigenvalue weighted by Gasteiger charge is 2.12. The molecule has 0 saturated heterocycles. The second-order valence-corrected chi connectivity index (χ2v) is 5.42. The van der Waals surface area contributed by atoms with Gasteiger partial charge in [-0.05, 0) is 55.3 Å². The summed E-state index contributed by atoms with van der Waals surface area (Å²) < 4.78 is 16.1. The van der Waals surface area contributed by atoms with Crippen LogP contribution in [0.2, 0.25) is 0 Å². The number of fused-ring (bicyclic) bond motifs is 1. The highest BCUT2D eigenvalue weighted by molar-refractivity contribution is 5.54. The third-order valence-corrected chi connectivity index (χ3v) is 3.73. The van der Waals surface area contributed by atoms with Gasteiger partial charge in [-0.3, -0.25) is 0 Å². The van der Waals surface area contributed by atoms with Gasteiger partial charge in [0.05, 0.1) is 12.3 Å². The van der Waals surface area contributed by atoms with Crippen molar-refractivity contribution in [3.8, 4) is 17.2 Å². The third kappa shape index (κ3) is 3.87. The number of benzene rings is 2. The summed E-state index contributed by atoms with van der Waals surface area (Å²) in [6.07, 6.45) is 0.918. The molecule has 0 saturated carbocycles. The molecule has 1 aliphatic heterocycles. The molecule has 3 rings (SSSR count). The van der Waals surface area contributed by atoms with Crippen LogP contribution >= 0.6 is 0 Å². The molecule has 122 valence electrons. The zero-order valence-corrected chi connectivity index (χ0v) is 13.3. The zero-order chi connectivity index (χ0) is 16.1. The summed E-state index contributed by atoms with van der Waals surface area (Å²) in [5.74, 6) is 2.40. The Hall–Kier alpha value is -2.40. The fraction of sp³-hybridized carbons (Fsp3) is 0.333. The molecule has 2 aromatic rings. The van der Waals surface area contributed by atoms with Crippen molar-refractivity contribution in [2.45, 2.75) is 19.9 Å². The van der Waals surface area contributed by atoms with Crippen LogP contribution in [0.3, 0.4) is 0 Å². The first-order valence-corrected chi connectivity index (χ1v) is 7.86. The van der Waals surface area contributed by atoms with Crippen molar-refractivity contribution in [1.82, 2.24) is 5.32 Å². The van der Waals surface area contributed by atoms with E-state index in [2.05, 4.69) is 17.4 Å². The van der Waals surface area contributed by atoms with E-state index in [-0.39, 0.29) is 0 Å². The average Bonchev–Trinajstić information content (AvgIpc) is 3.02. The van der Waals surface area contributed by atoms with E-state index in [0.717, 1.165) is 36.8 Å². The quantitative estimate of drug-likeness (QED) is 0.607. The molecular formula is C18H22N2O3. The minimum atomic E-state index is 0.311. The molecule has 5 heteroatoms. The minimum Gasteiger partial charge on any atom is -0.492 e. The Balaban J connectivity index is 1.47. The van der Waals surface area contributed by atoms with E-state index in [1.54, 1.807) is 0 Å². The van der Waals surface area contributed by atoms with Gasteiger partial charge in [-0.15, -0.1) is 0 Å². The number of rotatable bonds is 7. The highest BCUT2D eigenvalue weighted by Crippen LogP contribution is 2.32. The molecule has 23 heavy (non-hydrogen) atoms. The molecule has 0 aromatic heterocycles. The Morgan fingerprint density at radius 3 is 2.74 bits per heavy atom. The van der Waals surface area contributed by atoms with Crippen LogP contribution in [0.15, 0.2) is 36.4 Å². The molecule has 0 atom stereocenters. The Morgan fingerprint density at radius 1 is 1.09 bits per heavy atom. The SMILES string of the molecule is CCOc1ccc(CCNCc2ccc3c(c2)OCO3)cc1N. The molecule has 0 aliphatic carbocycles. The monoisotopic (exact) mass is 314 g/mol. The van der Waals surface area contributed by atoms with Crippen molar-refractivity contribution < 1.29 is 14.2 Å². The summed E-state index contributed by atoms with van der Waals surface area (Å²) in [5, 5.41) is 3.43. The van der Waals surface area contributed by atoms with Crippen molar-refractivity contribution >= 4 is 5.69 Å². The van der Waals surface area contributed by atoms with Crippen molar-refractivity contribution in [1.29, 1.82) is 0 Å². The Bertz CT molecular complexity index is 673. The predicted octanol–water partition coefficient (Wildman–Crippen LogP) is 2.73. The number of ether oxygens (including phenoxy) is 3. The van der Waals surface area contributed by atoms with E-state index in [0.29, 0.717) is 19.1 Å². The van der Waals surface area contributed by atoms with E-state index < -0.39 is 0 Å². The molecule has 0 spiro atoms. The Labute approximate surface area is 136 Å². The lowest BCUT2D eigenvalue weighted by atomic mass is 10.1. The molecule has 1 heterocycles. The number of anilines is 1. The Morgan fingerprint density at radius 2 is 1.91 bits per heavy atom. The first-order valence-electron chi connectivity index (χ1n) is 7.86. The summed E-state index contributed by atoms with van der Waals surface area (Å²) in [7, 11) is 0. The van der Waals surface area contributed by atoms with Crippen LogP contribution in [0, 0.1) is 0 Å². The molecule has 0 unspecified atom stereocenters. The number of nitrogens with one attached hydrogen (secondary N) is 1. The molecule has 2 aromatic carbocycles. The number of hydrogen-bond donors (Lipinski definition) is 2. The van der Waals surface area contributed by atoms with E-state index in [4.69, 9.17) is 19.9 Å². The molecule has 0 amide bonds. The van der Waals surface area contributed by atoms with E-state index >= 15 is 0 Å².